The maximum atomic E-state index is 8.60. The van der Waals surface area contributed by atoms with Gasteiger partial charge in [-0.05, 0) is 31.0 Å². The van der Waals surface area contributed by atoms with E-state index in [2.05, 4.69) is 5.32 Å². The maximum Gasteiger partial charge on any atom is 0.0576 e. The molecule has 0 fully saturated rings. The van der Waals surface area contributed by atoms with Gasteiger partial charge in [0.05, 0.1) is 11.4 Å². The molecule has 72 valence electrons. The highest BCUT2D eigenvalue weighted by molar-refractivity contribution is 5.66. The first-order valence-electron chi connectivity index (χ1n) is 4.45. The molecule has 3 heteroatoms. The molecular weight excluding hydrogens is 164 g/mol. The summed E-state index contributed by atoms with van der Waals surface area (Å²) >= 11 is 0. The van der Waals surface area contributed by atoms with Gasteiger partial charge in [-0.2, -0.15) is 0 Å². The molecule has 0 spiro atoms. The first-order chi connectivity index (χ1) is 6.24. The van der Waals surface area contributed by atoms with E-state index < -0.39 is 0 Å². The van der Waals surface area contributed by atoms with E-state index in [1.165, 1.54) is 5.56 Å². The number of hydrogen-bond donors (Lipinski definition) is 3. The number of benzene rings is 1. The summed E-state index contributed by atoms with van der Waals surface area (Å²) < 4.78 is 0. The third-order valence-corrected chi connectivity index (χ3v) is 1.86. The largest absolute Gasteiger partial charge is 0.397 e. The molecule has 1 aromatic carbocycles. The lowest BCUT2D eigenvalue weighted by Crippen LogP contribution is -2.05. The molecule has 0 unspecified atom stereocenters. The summed E-state index contributed by atoms with van der Waals surface area (Å²) in [5.41, 5.74) is 8.63. The summed E-state index contributed by atoms with van der Waals surface area (Å²) in [6.45, 7) is 2.99. The summed E-state index contributed by atoms with van der Waals surface area (Å²) in [6, 6.07) is 5.87. The highest BCUT2D eigenvalue weighted by Gasteiger charge is 1.97. The van der Waals surface area contributed by atoms with Crippen LogP contribution in [0.25, 0.3) is 0 Å². The van der Waals surface area contributed by atoms with E-state index >= 15 is 0 Å². The van der Waals surface area contributed by atoms with Crippen LogP contribution < -0.4 is 11.1 Å². The minimum atomic E-state index is 0.207. The van der Waals surface area contributed by atoms with E-state index in [1.807, 2.05) is 25.1 Å². The van der Waals surface area contributed by atoms with Crippen molar-refractivity contribution in [2.24, 2.45) is 0 Å². The van der Waals surface area contributed by atoms with Crippen LogP contribution in [0.2, 0.25) is 0 Å². The molecule has 1 rings (SSSR count). The Hall–Kier alpha value is -1.22. The second kappa shape index (κ2) is 4.72. The molecule has 4 N–H and O–H groups in total. The molecule has 0 heterocycles. The van der Waals surface area contributed by atoms with E-state index in [9.17, 15) is 0 Å². The molecule has 0 amide bonds. The van der Waals surface area contributed by atoms with Crippen molar-refractivity contribution in [2.45, 2.75) is 13.3 Å². The maximum absolute atomic E-state index is 8.60. The number of anilines is 2. The zero-order valence-corrected chi connectivity index (χ0v) is 7.88. The Labute approximate surface area is 78.6 Å². The van der Waals surface area contributed by atoms with E-state index in [0.29, 0.717) is 0 Å². The SMILES string of the molecule is Cc1ccc(N)c(NCCCO)c1. The lowest BCUT2D eigenvalue weighted by molar-refractivity contribution is 0.292. The van der Waals surface area contributed by atoms with Gasteiger partial charge in [-0.25, -0.2) is 0 Å². The molecule has 13 heavy (non-hydrogen) atoms. The fourth-order valence-electron chi connectivity index (χ4n) is 1.13. The van der Waals surface area contributed by atoms with E-state index in [4.69, 9.17) is 10.8 Å². The van der Waals surface area contributed by atoms with Crippen molar-refractivity contribution >= 4 is 11.4 Å². The van der Waals surface area contributed by atoms with Gasteiger partial charge in [0.1, 0.15) is 0 Å². The van der Waals surface area contributed by atoms with Crippen LogP contribution in [0.5, 0.6) is 0 Å². The predicted molar refractivity (Wildman–Crippen MR) is 55.8 cm³/mol. The molecule has 0 atom stereocenters. The number of rotatable bonds is 4. The van der Waals surface area contributed by atoms with Crippen LogP contribution in [0.3, 0.4) is 0 Å². The Balaban J connectivity index is 2.59. The van der Waals surface area contributed by atoms with Crippen LogP contribution >= 0.6 is 0 Å². The van der Waals surface area contributed by atoms with Crippen LogP contribution in [0.4, 0.5) is 11.4 Å². The van der Waals surface area contributed by atoms with Gasteiger partial charge < -0.3 is 16.2 Å². The van der Waals surface area contributed by atoms with Crippen molar-refractivity contribution in [3.05, 3.63) is 23.8 Å². The Morgan fingerprint density at radius 3 is 2.92 bits per heavy atom. The Bertz CT molecular complexity index is 274. The number of aliphatic hydroxyl groups is 1. The molecule has 0 radical (unpaired) electrons. The highest BCUT2D eigenvalue weighted by atomic mass is 16.3. The van der Waals surface area contributed by atoms with Crippen LogP contribution in [0.1, 0.15) is 12.0 Å². The third kappa shape index (κ3) is 2.95. The molecule has 0 aromatic heterocycles. The van der Waals surface area contributed by atoms with E-state index in [1.54, 1.807) is 0 Å². The Morgan fingerprint density at radius 2 is 2.23 bits per heavy atom. The minimum Gasteiger partial charge on any atom is -0.397 e. The number of nitrogen functional groups attached to an aromatic ring is 1. The standard InChI is InChI=1S/C10H16N2O/c1-8-3-4-9(11)10(7-8)12-5-2-6-13/h3-4,7,12-13H,2,5-6,11H2,1H3. The van der Waals surface area contributed by atoms with Gasteiger partial charge in [-0.1, -0.05) is 6.07 Å². The molecule has 0 saturated heterocycles. The molecule has 0 saturated carbocycles. The van der Waals surface area contributed by atoms with Crippen molar-refractivity contribution in [3.63, 3.8) is 0 Å². The first-order valence-corrected chi connectivity index (χ1v) is 4.45. The van der Waals surface area contributed by atoms with Crippen LogP contribution in [-0.2, 0) is 0 Å². The third-order valence-electron chi connectivity index (χ3n) is 1.86. The van der Waals surface area contributed by atoms with Gasteiger partial charge in [0.25, 0.3) is 0 Å². The molecule has 0 bridgehead atoms. The second-order valence-corrected chi connectivity index (χ2v) is 3.09. The lowest BCUT2D eigenvalue weighted by Gasteiger charge is -2.08. The van der Waals surface area contributed by atoms with Gasteiger partial charge >= 0.3 is 0 Å². The summed E-state index contributed by atoms with van der Waals surface area (Å²) in [7, 11) is 0. The molecule has 0 aliphatic carbocycles. The number of aliphatic hydroxyl groups excluding tert-OH is 1. The Kier molecular flexibility index (Phi) is 3.58. The average molecular weight is 180 g/mol. The number of nitrogens with one attached hydrogen (secondary N) is 1. The smallest absolute Gasteiger partial charge is 0.0576 e. The molecule has 1 aromatic rings. The zero-order valence-electron chi connectivity index (χ0n) is 7.88. The highest BCUT2D eigenvalue weighted by Crippen LogP contribution is 2.19. The normalized spacial score (nSPS) is 10.0. The summed E-state index contributed by atoms with van der Waals surface area (Å²) in [4.78, 5) is 0. The molecular formula is C10H16N2O. The van der Waals surface area contributed by atoms with Crippen molar-refractivity contribution in [2.75, 3.05) is 24.2 Å². The fraction of sp³-hybridized carbons (Fsp3) is 0.400. The van der Waals surface area contributed by atoms with Crippen LogP contribution in [0, 0.1) is 6.92 Å². The van der Waals surface area contributed by atoms with Gasteiger partial charge in [-0.15, -0.1) is 0 Å². The van der Waals surface area contributed by atoms with E-state index in [0.717, 1.165) is 24.3 Å². The van der Waals surface area contributed by atoms with Crippen molar-refractivity contribution in [1.82, 2.24) is 0 Å². The second-order valence-electron chi connectivity index (χ2n) is 3.09. The minimum absolute atomic E-state index is 0.207. The van der Waals surface area contributed by atoms with Crippen molar-refractivity contribution in [1.29, 1.82) is 0 Å². The number of hydrogen-bond acceptors (Lipinski definition) is 3. The summed E-state index contributed by atoms with van der Waals surface area (Å²) in [5.74, 6) is 0. The van der Waals surface area contributed by atoms with E-state index in [-0.39, 0.29) is 6.61 Å². The van der Waals surface area contributed by atoms with Crippen molar-refractivity contribution < 1.29 is 5.11 Å². The van der Waals surface area contributed by atoms with Crippen LogP contribution in [-0.4, -0.2) is 18.3 Å². The van der Waals surface area contributed by atoms with Gasteiger partial charge in [-0.3, -0.25) is 0 Å². The fourth-order valence-corrected chi connectivity index (χ4v) is 1.13. The lowest BCUT2D eigenvalue weighted by atomic mass is 10.2. The predicted octanol–water partition coefficient (Wildman–Crippen LogP) is 1.37. The average Bonchev–Trinajstić information content (AvgIpc) is 2.11. The van der Waals surface area contributed by atoms with Crippen molar-refractivity contribution in [3.8, 4) is 0 Å². The number of aryl methyl sites for hydroxylation is 1. The quantitative estimate of drug-likeness (QED) is 0.484. The zero-order chi connectivity index (χ0) is 9.68. The molecule has 3 nitrogen and oxygen atoms in total. The van der Waals surface area contributed by atoms with Gasteiger partial charge in [0, 0.05) is 13.2 Å². The summed E-state index contributed by atoms with van der Waals surface area (Å²) in [5, 5.41) is 11.8. The molecule has 0 aliphatic rings. The number of nitrogens with two attached hydrogens (primary N) is 1. The Morgan fingerprint density at radius 1 is 1.46 bits per heavy atom. The topological polar surface area (TPSA) is 58.3 Å². The molecule has 0 aliphatic heterocycles. The summed E-state index contributed by atoms with van der Waals surface area (Å²) in [6.07, 6.45) is 0.743. The van der Waals surface area contributed by atoms with Crippen LogP contribution in [0.15, 0.2) is 18.2 Å². The first kappa shape index (κ1) is 9.86. The van der Waals surface area contributed by atoms with Gasteiger partial charge in [0.15, 0.2) is 0 Å². The monoisotopic (exact) mass is 180 g/mol. The van der Waals surface area contributed by atoms with Gasteiger partial charge in [0.2, 0.25) is 0 Å².